The van der Waals surface area contributed by atoms with E-state index in [9.17, 15) is 0 Å². The van der Waals surface area contributed by atoms with E-state index in [4.69, 9.17) is 0 Å². The molecule has 2 nitrogen and oxygen atoms in total. The van der Waals surface area contributed by atoms with Gasteiger partial charge in [-0.3, -0.25) is 0 Å². The predicted molar refractivity (Wildman–Crippen MR) is 83.1 cm³/mol. The fourth-order valence-electron chi connectivity index (χ4n) is 2.09. The third kappa shape index (κ3) is 5.98. The standard InChI is InChI=1S/C15H25BrN2/c1-4-18(5-2)12-13(3)17-10-9-14-7-6-8-15(16)11-14/h6-8,11,13,17H,4-5,9-10,12H2,1-3H3. The monoisotopic (exact) mass is 312 g/mol. The first-order chi connectivity index (χ1) is 8.65. The van der Waals surface area contributed by atoms with Gasteiger partial charge in [-0.25, -0.2) is 0 Å². The Morgan fingerprint density at radius 3 is 2.61 bits per heavy atom. The SMILES string of the molecule is CCN(CC)CC(C)NCCc1cccc(Br)c1. The van der Waals surface area contributed by atoms with Gasteiger partial charge in [0.05, 0.1) is 0 Å². The normalized spacial score (nSPS) is 12.9. The van der Waals surface area contributed by atoms with Crippen LogP contribution < -0.4 is 5.32 Å². The summed E-state index contributed by atoms with van der Waals surface area (Å²) < 4.78 is 1.16. The molecular formula is C15H25BrN2. The topological polar surface area (TPSA) is 15.3 Å². The Morgan fingerprint density at radius 1 is 1.28 bits per heavy atom. The molecule has 1 atom stereocenters. The number of halogens is 1. The minimum absolute atomic E-state index is 0.553. The van der Waals surface area contributed by atoms with Gasteiger partial charge in [0.15, 0.2) is 0 Å². The Bertz CT molecular complexity index is 337. The van der Waals surface area contributed by atoms with Crippen LogP contribution in [0.5, 0.6) is 0 Å². The van der Waals surface area contributed by atoms with E-state index in [0.717, 1.165) is 37.1 Å². The predicted octanol–water partition coefficient (Wildman–Crippen LogP) is 3.31. The molecule has 1 unspecified atom stereocenters. The molecule has 0 saturated carbocycles. The second-order valence-corrected chi connectivity index (χ2v) is 5.64. The first-order valence-electron chi connectivity index (χ1n) is 6.85. The highest BCUT2D eigenvalue weighted by Crippen LogP contribution is 2.11. The number of likely N-dealkylation sites (N-methyl/N-ethyl adjacent to an activating group) is 1. The van der Waals surface area contributed by atoms with E-state index < -0.39 is 0 Å². The maximum absolute atomic E-state index is 3.59. The molecule has 102 valence electrons. The van der Waals surface area contributed by atoms with E-state index in [1.165, 1.54) is 5.56 Å². The number of nitrogens with one attached hydrogen (secondary N) is 1. The maximum Gasteiger partial charge on any atom is 0.0178 e. The summed E-state index contributed by atoms with van der Waals surface area (Å²) in [6.45, 7) is 11.1. The lowest BCUT2D eigenvalue weighted by molar-refractivity contribution is 0.272. The summed E-state index contributed by atoms with van der Waals surface area (Å²) in [5, 5.41) is 3.59. The molecule has 0 aliphatic heterocycles. The summed E-state index contributed by atoms with van der Waals surface area (Å²) in [5.74, 6) is 0. The van der Waals surface area contributed by atoms with Gasteiger partial charge < -0.3 is 10.2 Å². The Balaban J connectivity index is 2.25. The second kappa shape index (κ2) is 8.68. The van der Waals surface area contributed by atoms with E-state index >= 15 is 0 Å². The van der Waals surface area contributed by atoms with Gasteiger partial charge in [-0.15, -0.1) is 0 Å². The van der Waals surface area contributed by atoms with Crippen molar-refractivity contribution in [1.82, 2.24) is 10.2 Å². The van der Waals surface area contributed by atoms with E-state index in [1.807, 2.05) is 0 Å². The van der Waals surface area contributed by atoms with Gasteiger partial charge >= 0.3 is 0 Å². The quantitative estimate of drug-likeness (QED) is 0.792. The van der Waals surface area contributed by atoms with Crippen molar-refractivity contribution >= 4 is 15.9 Å². The molecular weight excluding hydrogens is 288 g/mol. The molecule has 0 radical (unpaired) electrons. The second-order valence-electron chi connectivity index (χ2n) is 4.72. The number of hydrogen-bond acceptors (Lipinski definition) is 2. The molecule has 0 aliphatic carbocycles. The first kappa shape index (κ1) is 15.7. The van der Waals surface area contributed by atoms with Crippen molar-refractivity contribution in [2.24, 2.45) is 0 Å². The maximum atomic E-state index is 3.59. The average Bonchev–Trinajstić information content (AvgIpc) is 2.36. The van der Waals surface area contributed by atoms with Crippen LogP contribution in [0.2, 0.25) is 0 Å². The zero-order valence-electron chi connectivity index (χ0n) is 11.7. The van der Waals surface area contributed by atoms with Crippen molar-refractivity contribution in [2.45, 2.75) is 33.2 Å². The van der Waals surface area contributed by atoms with Crippen molar-refractivity contribution in [3.63, 3.8) is 0 Å². The number of nitrogens with zero attached hydrogens (tertiary/aromatic N) is 1. The van der Waals surface area contributed by atoms with Crippen molar-refractivity contribution in [3.05, 3.63) is 34.3 Å². The van der Waals surface area contributed by atoms with Crippen LogP contribution in [-0.4, -0.2) is 37.1 Å². The Labute approximate surface area is 120 Å². The number of rotatable bonds is 8. The van der Waals surface area contributed by atoms with Gasteiger partial charge in [0.1, 0.15) is 0 Å². The van der Waals surface area contributed by atoms with Crippen LogP contribution in [0.3, 0.4) is 0 Å². The highest BCUT2D eigenvalue weighted by Gasteiger charge is 2.06. The van der Waals surface area contributed by atoms with E-state index in [-0.39, 0.29) is 0 Å². The van der Waals surface area contributed by atoms with E-state index in [2.05, 4.69) is 71.2 Å². The summed E-state index contributed by atoms with van der Waals surface area (Å²) >= 11 is 3.51. The highest BCUT2D eigenvalue weighted by atomic mass is 79.9. The lowest BCUT2D eigenvalue weighted by atomic mass is 10.1. The molecule has 18 heavy (non-hydrogen) atoms. The summed E-state index contributed by atoms with van der Waals surface area (Å²) in [7, 11) is 0. The number of hydrogen-bond donors (Lipinski definition) is 1. The highest BCUT2D eigenvalue weighted by molar-refractivity contribution is 9.10. The molecule has 0 bridgehead atoms. The van der Waals surface area contributed by atoms with Crippen molar-refractivity contribution in [2.75, 3.05) is 26.2 Å². The zero-order chi connectivity index (χ0) is 13.4. The Morgan fingerprint density at radius 2 is 2.00 bits per heavy atom. The average molecular weight is 313 g/mol. The van der Waals surface area contributed by atoms with Crippen molar-refractivity contribution in [1.29, 1.82) is 0 Å². The zero-order valence-corrected chi connectivity index (χ0v) is 13.3. The molecule has 1 aromatic rings. The Hall–Kier alpha value is -0.380. The fraction of sp³-hybridized carbons (Fsp3) is 0.600. The molecule has 3 heteroatoms. The lowest BCUT2D eigenvalue weighted by Crippen LogP contribution is -2.39. The molecule has 0 heterocycles. The van der Waals surface area contributed by atoms with Crippen LogP contribution >= 0.6 is 15.9 Å². The van der Waals surface area contributed by atoms with Gasteiger partial charge in [-0.05, 0) is 50.7 Å². The summed E-state index contributed by atoms with van der Waals surface area (Å²) in [5.41, 5.74) is 1.38. The van der Waals surface area contributed by atoms with Crippen LogP contribution in [0.1, 0.15) is 26.3 Å². The third-order valence-electron chi connectivity index (χ3n) is 3.22. The minimum atomic E-state index is 0.553. The molecule has 1 rings (SSSR count). The molecule has 0 amide bonds. The lowest BCUT2D eigenvalue weighted by Gasteiger charge is -2.23. The molecule has 0 spiro atoms. The van der Waals surface area contributed by atoms with Crippen LogP contribution in [0.25, 0.3) is 0 Å². The molecule has 0 aromatic heterocycles. The van der Waals surface area contributed by atoms with Gasteiger partial charge in [0.25, 0.3) is 0 Å². The molecule has 0 aliphatic rings. The summed E-state index contributed by atoms with van der Waals surface area (Å²) in [6, 6.07) is 9.09. The van der Waals surface area contributed by atoms with Crippen LogP contribution in [-0.2, 0) is 6.42 Å². The Kier molecular flexibility index (Phi) is 7.56. The molecule has 0 fully saturated rings. The molecule has 1 N–H and O–H groups in total. The van der Waals surface area contributed by atoms with Crippen molar-refractivity contribution in [3.8, 4) is 0 Å². The molecule has 0 saturated heterocycles. The van der Waals surface area contributed by atoms with Crippen LogP contribution in [0, 0.1) is 0 Å². The summed E-state index contributed by atoms with van der Waals surface area (Å²) in [6.07, 6.45) is 1.09. The minimum Gasteiger partial charge on any atom is -0.313 e. The molecule has 1 aromatic carbocycles. The fourth-order valence-corrected chi connectivity index (χ4v) is 2.54. The van der Waals surface area contributed by atoms with Gasteiger partial charge in [0, 0.05) is 17.1 Å². The van der Waals surface area contributed by atoms with E-state index in [0.29, 0.717) is 6.04 Å². The smallest absolute Gasteiger partial charge is 0.0178 e. The van der Waals surface area contributed by atoms with Gasteiger partial charge in [-0.1, -0.05) is 41.9 Å². The van der Waals surface area contributed by atoms with Crippen LogP contribution in [0.4, 0.5) is 0 Å². The van der Waals surface area contributed by atoms with Gasteiger partial charge in [0.2, 0.25) is 0 Å². The largest absolute Gasteiger partial charge is 0.313 e. The summed E-state index contributed by atoms with van der Waals surface area (Å²) in [4.78, 5) is 2.46. The number of benzene rings is 1. The third-order valence-corrected chi connectivity index (χ3v) is 3.72. The van der Waals surface area contributed by atoms with E-state index in [1.54, 1.807) is 0 Å². The van der Waals surface area contributed by atoms with Crippen molar-refractivity contribution < 1.29 is 0 Å². The van der Waals surface area contributed by atoms with Crippen LogP contribution in [0.15, 0.2) is 28.7 Å². The van der Waals surface area contributed by atoms with Gasteiger partial charge in [-0.2, -0.15) is 0 Å². The first-order valence-corrected chi connectivity index (χ1v) is 7.65.